The fourth-order valence-corrected chi connectivity index (χ4v) is 1.25. The van der Waals surface area contributed by atoms with Gasteiger partial charge in [0.05, 0.1) is 6.26 Å². The molecular weight excluding hydrogens is 148 g/mol. The molecule has 1 heterocycles. The third-order valence-corrected chi connectivity index (χ3v) is 1.81. The smallest absolute Gasteiger partial charge is 0.134 e. The van der Waals surface area contributed by atoms with Crippen LogP contribution in [0, 0.1) is 6.92 Å². The van der Waals surface area contributed by atoms with Crippen LogP contribution in [0.2, 0.25) is 0 Å². The number of benzene rings is 1. The fraction of sp³-hybridized carbons (Fsp3) is 0. The zero-order valence-corrected chi connectivity index (χ0v) is 6.66. The second kappa shape index (κ2) is 2.86. The van der Waals surface area contributed by atoms with E-state index >= 15 is 0 Å². The lowest BCUT2D eigenvalue weighted by atomic mass is 10.2. The molecule has 59 valence electrons. The summed E-state index contributed by atoms with van der Waals surface area (Å²) in [6.45, 7) is 3.65. The summed E-state index contributed by atoms with van der Waals surface area (Å²) in [5, 5.41) is 1.14. The molecular formula is C11H9O. The number of hydrogen-bond donors (Lipinski definition) is 0. The summed E-state index contributed by atoms with van der Waals surface area (Å²) in [5.41, 5.74) is 2.01. The maximum absolute atomic E-state index is 5.32. The molecule has 12 heavy (non-hydrogen) atoms. The van der Waals surface area contributed by atoms with Gasteiger partial charge < -0.3 is 4.42 Å². The molecule has 2 aromatic rings. The van der Waals surface area contributed by atoms with Gasteiger partial charge in [0.25, 0.3) is 0 Å². The van der Waals surface area contributed by atoms with E-state index in [0.717, 1.165) is 16.5 Å². The maximum atomic E-state index is 5.32. The Kier molecular flexibility index (Phi) is 1.71. The largest absolute Gasteiger partial charge is 0.464 e. The average Bonchev–Trinajstić information content (AvgIpc) is 2.50. The number of allylic oxidation sites excluding steroid dienone is 1. The molecule has 0 aliphatic carbocycles. The van der Waals surface area contributed by atoms with Gasteiger partial charge in [0, 0.05) is 10.9 Å². The lowest BCUT2D eigenvalue weighted by molar-refractivity contribution is 0.615. The highest BCUT2D eigenvalue weighted by atomic mass is 16.3. The van der Waals surface area contributed by atoms with E-state index in [9.17, 15) is 0 Å². The van der Waals surface area contributed by atoms with E-state index < -0.39 is 0 Å². The van der Waals surface area contributed by atoms with Crippen molar-refractivity contribution in [2.45, 2.75) is 0 Å². The van der Waals surface area contributed by atoms with Crippen molar-refractivity contribution in [2.24, 2.45) is 0 Å². The van der Waals surface area contributed by atoms with Crippen LogP contribution in [0.3, 0.4) is 0 Å². The lowest BCUT2D eigenvalue weighted by Crippen LogP contribution is -1.65. The van der Waals surface area contributed by atoms with Crippen LogP contribution in [0.25, 0.3) is 17.0 Å². The molecule has 1 heteroatoms. The summed E-state index contributed by atoms with van der Waals surface area (Å²) in [4.78, 5) is 0. The highest BCUT2D eigenvalue weighted by Gasteiger charge is 1.99. The van der Waals surface area contributed by atoms with Gasteiger partial charge >= 0.3 is 0 Å². The first-order valence-electron chi connectivity index (χ1n) is 3.84. The zero-order valence-electron chi connectivity index (χ0n) is 6.66. The molecule has 0 amide bonds. The van der Waals surface area contributed by atoms with E-state index in [1.165, 1.54) is 0 Å². The van der Waals surface area contributed by atoms with Gasteiger partial charge in [0.1, 0.15) is 5.58 Å². The Labute approximate surface area is 71.3 Å². The normalized spacial score (nSPS) is 11.4. The first kappa shape index (κ1) is 7.17. The highest BCUT2D eigenvalue weighted by molar-refractivity contribution is 5.86. The third kappa shape index (κ3) is 1.03. The van der Waals surface area contributed by atoms with Gasteiger partial charge in [-0.15, -0.1) is 0 Å². The summed E-state index contributed by atoms with van der Waals surface area (Å²) in [6.07, 6.45) is 5.44. The predicted molar refractivity (Wildman–Crippen MR) is 50.6 cm³/mol. The van der Waals surface area contributed by atoms with Crippen LogP contribution in [-0.2, 0) is 0 Å². The predicted octanol–water partition coefficient (Wildman–Crippen LogP) is 3.28. The van der Waals surface area contributed by atoms with Crippen LogP contribution in [0.15, 0.2) is 41.0 Å². The molecule has 0 saturated heterocycles. The van der Waals surface area contributed by atoms with Gasteiger partial charge in [-0.3, -0.25) is 0 Å². The monoisotopic (exact) mass is 157 g/mol. The van der Waals surface area contributed by atoms with Crippen LogP contribution >= 0.6 is 0 Å². The quantitative estimate of drug-likeness (QED) is 0.619. The number of hydrogen-bond acceptors (Lipinski definition) is 1. The minimum absolute atomic E-state index is 0.922. The molecule has 1 aromatic heterocycles. The van der Waals surface area contributed by atoms with E-state index in [-0.39, 0.29) is 0 Å². The molecule has 0 atom stereocenters. The number of rotatable bonds is 1. The van der Waals surface area contributed by atoms with Crippen molar-refractivity contribution < 1.29 is 4.42 Å². The number of furan rings is 1. The molecule has 0 aliphatic rings. The topological polar surface area (TPSA) is 13.1 Å². The highest BCUT2D eigenvalue weighted by Crippen LogP contribution is 2.21. The summed E-state index contributed by atoms with van der Waals surface area (Å²) in [6, 6.07) is 7.95. The molecule has 1 aromatic carbocycles. The van der Waals surface area contributed by atoms with Crippen LogP contribution in [0.1, 0.15) is 5.56 Å². The molecule has 0 N–H and O–H groups in total. The fourth-order valence-electron chi connectivity index (χ4n) is 1.25. The molecule has 0 bridgehead atoms. The standard InChI is InChI=1S/C11H9O/c1-2-5-9-8-12-11-7-4-3-6-10(9)11/h2-8H,1H2. The SMILES string of the molecule is [CH2]C=Cc1coc2ccccc12. The van der Waals surface area contributed by atoms with E-state index in [1.807, 2.05) is 30.3 Å². The first-order valence-corrected chi connectivity index (χ1v) is 3.84. The van der Waals surface area contributed by atoms with Crippen molar-refractivity contribution in [2.75, 3.05) is 0 Å². The Bertz CT molecular complexity index is 410. The first-order chi connectivity index (χ1) is 5.92. The Morgan fingerprint density at radius 1 is 1.25 bits per heavy atom. The van der Waals surface area contributed by atoms with Gasteiger partial charge in [-0.05, 0) is 13.0 Å². The molecule has 0 unspecified atom stereocenters. The van der Waals surface area contributed by atoms with Gasteiger partial charge in [0.2, 0.25) is 0 Å². The minimum Gasteiger partial charge on any atom is -0.464 e. The van der Waals surface area contributed by atoms with Gasteiger partial charge in [-0.1, -0.05) is 30.4 Å². The van der Waals surface area contributed by atoms with Crippen molar-refractivity contribution in [1.82, 2.24) is 0 Å². The molecule has 2 rings (SSSR count). The Balaban J connectivity index is 2.70. The number of fused-ring (bicyclic) bond motifs is 1. The molecule has 0 spiro atoms. The van der Waals surface area contributed by atoms with Crippen molar-refractivity contribution in [3.8, 4) is 0 Å². The van der Waals surface area contributed by atoms with E-state index in [2.05, 4.69) is 6.92 Å². The Hall–Kier alpha value is -1.50. The second-order valence-corrected chi connectivity index (χ2v) is 2.59. The summed E-state index contributed by atoms with van der Waals surface area (Å²) in [7, 11) is 0. The minimum atomic E-state index is 0.922. The Morgan fingerprint density at radius 2 is 2.08 bits per heavy atom. The van der Waals surface area contributed by atoms with Crippen molar-refractivity contribution in [3.05, 3.63) is 49.1 Å². The van der Waals surface area contributed by atoms with E-state index in [0.29, 0.717) is 0 Å². The zero-order chi connectivity index (χ0) is 8.39. The van der Waals surface area contributed by atoms with E-state index in [4.69, 9.17) is 4.42 Å². The van der Waals surface area contributed by atoms with Crippen molar-refractivity contribution in [3.63, 3.8) is 0 Å². The molecule has 1 nitrogen and oxygen atoms in total. The molecule has 1 radical (unpaired) electrons. The average molecular weight is 157 g/mol. The molecule has 0 aliphatic heterocycles. The van der Waals surface area contributed by atoms with Crippen LogP contribution in [0.5, 0.6) is 0 Å². The summed E-state index contributed by atoms with van der Waals surface area (Å²) < 4.78 is 5.32. The number of para-hydroxylation sites is 1. The van der Waals surface area contributed by atoms with Crippen LogP contribution < -0.4 is 0 Å². The Morgan fingerprint density at radius 3 is 2.92 bits per heavy atom. The van der Waals surface area contributed by atoms with Crippen molar-refractivity contribution in [1.29, 1.82) is 0 Å². The second-order valence-electron chi connectivity index (χ2n) is 2.59. The molecule has 0 saturated carbocycles. The maximum Gasteiger partial charge on any atom is 0.134 e. The van der Waals surface area contributed by atoms with Crippen LogP contribution in [-0.4, -0.2) is 0 Å². The lowest BCUT2D eigenvalue weighted by Gasteiger charge is -1.86. The van der Waals surface area contributed by atoms with Gasteiger partial charge in [-0.25, -0.2) is 0 Å². The van der Waals surface area contributed by atoms with Crippen LogP contribution in [0.4, 0.5) is 0 Å². The van der Waals surface area contributed by atoms with Gasteiger partial charge in [0.15, 0.2) is 0 Å². The van der Waals surface area contributed by atoms with E-state index in [1.54, 1.807) is 12.3 Å². The third-order valence-electron chi connectivity index (χ3n) is 1.81. The summed E-state index contributed by atoms with van der Waals surface area (Å²) >= 11 is 0. The van der Waals surface area contributed by atoms with Crippen molar-refractivity contribution >= 4 is 17.0 Å². The summed E-state index contributed by atoms with van der Waals surface area (Å²) in [5.74, 6) is 0. The van der Waals surface area contributed by atoms with Gasteiger partial charge in [-0.2, -0.15) is 0 Å². The molecule has 0 fully saturated rings.